The average molecular weight is 424 g/mol. The van der Waals surface area contributed by atoms with Crippen molar-refractivity contribution < 1.29 is 13.9 Å². The van der Waals surface area contributed by atoms with Crippen LogP contribution < -0.4 is 10.1 Å². The van der Waals surface area contributed by atoms with E-state index in [4.69, 9.17) is 16.3 Å². The van der Waals surface area contributed by atoms with E-state index < -0.39 is 0 Å². The quantitative estimate of drug-likeness (QED) is 0.465. The number of rotatable bonds is 5. The molecule has 2 heterocycles. The van der Waals surface area contributed by atoms with Gasteiger partial charge in [0.2, 0.25) is 0 Å². The Morgan fingerprint density at radius 1 is 1.13 bits per heavy atom. The fourth-order valence-corrected chi connectivity index (χ4v) is 3.39. The summed E-state index contributed by atoms with van der Waals surface area (Å²) in [7, 11) is 0. The zero-order valence-corrected chi connectivity index (χ0v) is 17.2. The maximum Gasteiger partial charge on any atom is 0.263 e. The molecule has 0 aliphatic heterocycles. The van der Waals surface area contributed by atoms with Gasteiger partial charge in [-0.05, 0) is 79.6 Å². The number of hydrogen-bond donors (Lipinski definition) is 1. The topological polar surface area (TPSA) is 55.6 Å². The first-order valence-corrected chi connectivity index (χ1v) is 9.72. The Kier molecular flexibility index (Phi) is 5.42. The lowest BCUT2D eigenvalue weighted by atomic mass is 10.1. The number of pyridine rings is 1. The SMILES string of the molecule is Cc1ccn2c(NC(=O)COc3ccc(Cl)cc3C)c(-c3ccc(F)cc3)nc2c1. The molecule has 4 rings (SSSR count). The van der Waals surface area contributed by atoms with Crippen LogP contribution >= 0.6 is 11.6 Å². The molecule has 1 amide bonds. The lowest BCUT2D eigenvalue weighted by Gasteiger charge is -2.11. The van der Waals surface area contributed by atoms with E-state index in [1.165, 1.54) is 12.1 Å². The lowest BCUT2D eigenvalue weighted by molar-refractivity contribution is -0.118. The molecule has 0 fully saturated rings. The molecule has 1 N–H and O–H groups in total. The van der Waals surface area contributed by atoms with Crippen LogP contribution in [0.3, 0.4) is 0 Å². The molecule has 0 atom stereocenters. The normalized spacial score (nSPS) is 10.9. The minimum absolute atomic E-state index is 0.176. The Balaban J connectivity index is 1.62. The van der Waals surface area contributed by atoms with E-state index >= 15 is 0 Å². The zero-order chi connectivity index (χ0) is 21.3. The predicted octanol–water partition coefficient (Wildman–Crippen LogP) is 5.43. The summed E-state index contributed by atoms with van der Waals surface area (Å²) in [5.41, 5.74) is 3.81. The van der Waals surface area contributed by atoms with Gasteiger partial charge >= 0.3 is 0 Å². The van der Waals surface area contributed by atoms with Crippen molar-refractivity contribution in [2.75, 3.05) is 11.9 Å². The second kappa shape index (κ2) is 8.16. The number of carbonyl (C=O) groups excluding carboxylic acids is 1. The van der Waals surface area contributed by atoms with Crippen molar-refractivity contribution in [3.05, 3.63) is 82.8 Å². The van der Waals surface area contributed by atoms with Crippen LogP contribution in [0.5, 0.6) is 5.75 Å². The van der Waals surface area contributed by atoms with E-state index in [2.05, 4.69) is 10.3 Å². The number of anilines is 1. The van der Waals surface area contributed by atoms with Crippen LogP contribution in [0.1, 0.15) is 11.1 Å². The van der Waals surface area contributed by atoms with Gasteiger partial charge in [-0.1, -0.05) is 11.6 Å². The highest BCUT2D eigenvalue weighted by Gasteiger charge is 2.17. The number of amides is 1. The summed E-state index contributed by atoms with van der Waals surface area (Å²) in [6.45, 7) is 3.65. The van der Waals surface area contributed by atoms with Gasteiger partial charge in [0, 0.05) is 16.8 Å². The number of nitrogens with one attached hydrogen (secondary N) is 1. The molecule has 0 aliphatic rings. The first kappa shape index (κ1) is 19.9. The molecule has 0 saturated heterocycles. The van der Waals surface area contributed by atoms with Gasteiger partial charge in [-0.2, -0.15) is 0 Å². The number of halogens is 2. The molecular weight excluding hydrogens is 405 g/mol. The molecule has 0 radical (unpaired) electrons. The molecule has 0 bridgehead atoms. The monoisotopic (exact) mass is 423 g/mol. The largest absolute Gasteiger partial charge is 0.483 e. The third-order valence-corrected chi connectivity index (χ3v) is 4.89. The number of nitrogens with zero attached hydrogens (tertiary/aromatic N) is 2. The van der Waals surface area contributed by atoms with Crippen molar-refractivity contribution in [1.29, 1.82) is 0 Å². The predicted molar refractivity (Wildman–Crippen MR) is 116 cm³/mol. The molecule has 4 aromatic rings. The fraction of sp³-hybridized carbons (Fsp3) is 0.130. The maximum atomic E-state index is 13.4. The lowest BCUT2D eigenvalue weighted by Crippen LogP contribution is -2.21. The standard InChI is InChI=1S/C23H19ClFN3O2/c1-14-9-10-28-20(11-14)26-22(16-3-6-18(25)7-4-16)23(28)27-21(29)13-30-19-8-5-17(24)12-15(19)2/h3-12H,13H2,1-2H3,(H,27,29). The van der Waals surface area contributed by atoms with Crippen molar-refractivity contribution >= 4 is 29.0 Å². The van der Waals surface area contributed by atoms with Crippen molar-refractivity contribution in [3.63, 3.8) is 0 Å². The number of benzene rings is 2. The van der Waals surface area contributed by atoms with Gasteiger partial charge in [0.1, 0.15) is 28.7 Å². The van der Waals surface area contributed by atoms with Crippen molar-refractivity contribution in [2.45, 2.75) is 13.8 Å². The second-order valence-corrected chi connectivity index (χ2v) is 7.43. The Bertz CT molecular complexity index is 1240. The summed E-state index contributed by atoms with van der Waals surface area (Å²) in [5, 5.41) is 3.49. The Morgan fingerprint density at radius 2 is 1.90 bits per heavy atom. The van der Waals surface area contributed by atoms with Crippen molar-refractivity contribution in [1.82, 2.24) is 9.38 Å². The van der Waals surface area contributed by atoms with Gasteiger partial charge in [0.05, 0.1) is 0 Å². The number of ether oxygens (including phenoxy) is 1. The summed E-state index contributed by atoms with van der Waals surface area (Å²) >= 11 is 5.96. The van der Waals surface area contributed by atoms with Crippen LogP contribution in [0, 0.1) is 19.7 Å². The number of aromatic nitrogens is 2. The molecule has 152 valence electrons. The Hall–Kier alpha value is -3.38. The summed E-state index contributed by atoms with van der Waals surface area (Å²) in [4.78, 5) is 17.3. The molecular formula is C23H19ClFN3O2. The molecule has 0 unspecified atom stereocenters. The summed E-state index contributed by atoms with van der Waals surface area (Å²) in [5.74, 6) is 0.408. The average Bonchev–Trinajstić information content (AvgIpc) is 3.05. The van der Waals surface area contributed by atoms with E-state index in [9.17, 15) is 9.18 Å². The second-order valence-electron chi connectivity index (χ2n) is 6.99. The third kappa shape index (κ3) is 4.14. The zero-order valence-electron chi connectivity index (χ0n) is 16.4. The summed E-state index contributed by atoms with van der Waals surface area (Å²) < 4.78 is 20.8. The molecule has 5 nitrogen and oxygen atoms in total. The summed E-state index contributed by atoms with van der Waals surface area (Å²) in [6, 6.07) is 15.0. The van der Waals surface area contributed by atoms with Gasteiger partial charge < -0.3 is 10.1 Å². The van der Waals surface area contributed by atoms with Crippen LogP contribution in [0.2, 0.25) is 5.02 Å². The fourth-order valence-electron chi connectivity index (χ4n) is 3.16. The first-order chi connectivity index (χ1) is 14.4. The molecule has 0 saturated carbocycles. The van der Waals surface area contributed by atoms with E-state index in [1.54, 1.807) is 34.7 Å². The minimum atomic E-state index is -0.338. The van der Waals surface area contributed by atoms with Crippen molar-refractivity contribution in [2.24, 2.45) is 0 Å². The molecule has 30 heavy (non-hydrogen) atoms. The number of hydrogen-bond acceptors (Lipinski definition) is 3. The molecule has 7 heteroatoms. The number of carbonyl (C=O) groups is 1. The highest BCUT2D eigenvalue weighted by molar-refractivity contribution is 6.30. The van der Waals surface area contributed by atoms with E-state index in [-0.39, 0.29) is 18.3 Å². The number of imidazole rings is 1. The maximum absolute atomic E-state index is 13.4. The van der Waals surface area contributed by atoms with Gasteiger partial charge in [0.15, 0.2) is 6.61 Å². The molecule has 0 spiro atoms. The summed E-state index contributed by atoms with van der Waals surface area (Å²) in [6.07, 6.45) is 1.84. The van der Waals surface area contributed by atoms with Crippen LogP contribution in [0.15, 0.2) is 60.8 Å². The van der Waals surface area contributed by atoms with Gasteiger partial charge in [-0.25, -0.2) is 9.37 Å². The van der Waals surface area contributed by atoms with Crippen LogP contribution in [0.4, 0.5) is 10.2 Å². The van der Waals surface area contributed by atoms with Gasteiger partial charge in [-0.15, -0.1) is 0 Å². The van der Waals surface area contributed by atoms with Crippen LogP contribution in [0.25, 0.3) is 16.9 Å². The van der Waals surface area contributed by atoms with Crippen molar-refractivity contribution in [3.8, 4) is 17.0 Å². The molecule has 2 aromatic carbocycles. The number of fused-ring (bicyclic) bond motifs is 1. The third-order valence-electron chi connectivity index (χ3n) is 4.65. The highest BCUT2D eigenvalue weighted by atomic mass is 35.5. The molecule has 2 aromatic heterocycles. The van der Waals surface area contributed by atoms with E-state index in [1.807, 2.05) is 32.2 Å². The van der Waals surface area contributed by atoms with Gasteiger partial charge in [0.25, 0.3) is 5.91 Å². The first-order valence-electron chi connectivity index (χ1n) is 9.34. The Labute approximate surface area is 178 Å². The highest BCUT2D eigenvalue weighted by Crippen LogP contribution is 2.29. The van der Waals surface area contributed by atoms with Crippen LogP contribution in [-0.4, -0.2) is 21.9 Å². The van der Waals surface area contributed by atoms with E-state index in [0.29, 0.717) is 33.5 Å². The minimum Gasteiger partial charge on any atom is -0.483 e. The smallest absolute Gasteiger partial charge is 0.263 e. The van der Waals surface area contributed by atoms with E-state index in [0.717, 1.165) is 11.1 Å². The number of aryl methyl sites for hydroxylation is 2. The Morgan fingerprint density at radius 3 is 2.63 bits per heavy atom. The van der Waals surface area contributed by atoms with Gasteiger partial charge in [-0.3, -0.25) is 9.20 Å². The van der Waals surface area contributed by atoms with Crippen LogP contribution in [-0.2, 0) is 4.79 Å². The molecule has 0 aliphatic carbocycles.